The van der Waals surface area contributed by atoms with E-state index in [1.807, 2.05) is 0 Å². The summed E-state index contributed by atoms with van der Waals surface area (Å²) in [7, 11) is 0. The molecule has 100 valence electrons. The van der Waals surface area contributed by atoms with E-state index in [0.717, 1.165) is 19.4 Å². The molecule has 0 saturated heterocycles. The number of hydrogen-bond acceptors (Lipinski definition) is 2. The normalized spacial score (nSPS) is 13.4. The first-order valence-electron chi connectivity index (χ1n) is 6.10. The van der Waals surface area contributed by atoms with Crippen molar-refractivity contribution in [2.75, 3.05) is 13.1 Å². The van der Waals surface area contributed by atoms with Gasteiger partial charge in [0, 0.05) is 6.54 Å². The Morgan fingerprint density at radius 1 is 1.44 bits per heavy atom. The molecule has 4 nitrogen and oxygen atoms in total. The molecule has 0 heterocycles. The lowest BCUT2D eigenvalue weighted by atomic mass is 10.1. The quantitative estimate of drug-likeness (QED) is 0.409. The summed E-state index contributed by atoms with van der Waals surface area (Å²) in [6.45, 7) is 3.03. The molecule has 18 heavy (non-hydrogen) atoms. The average molecular weight is 253 g/mol. The van der Waals surface area contributed by atoms with Gasteiger partial charge < -0.3 is 16.2 Å². The molecule has 0 spiro atoms. The van der Waals surface area contributed by atoms with Crippen LogP contribution in [0, 0.1) is 5.82 Å². The number of nitrogens with two attached hydrogens (primary N) is 1. The Balaban J connectivity index is 2.42. The molecule has 0 aliphatic heterocycles. The second-order valence-electron chi connectivity index (χ2n) is 4.07. The molecule has 1 aromatic rings. The number of nitrogens with one attached hydrogen (secondary N) is 1. The van der Waals surface area contributed by atoms with Crippen molar-refractivity contribution in [3.63, 3.8) is 0 Å². The number of nitrogens with zero attached hydrogens (tertiary/aromatic N) is 1. The van der Waals surface area contributed by atoms with Gasteiger partial charge in [0.25, 0.3) is 0 Å². The summed E-state index contributed by atoms with van der Waals surface area (Å²) in [6, 6.07) is 5.70. The van der Waals surface area contributed by atoms with Gasteiger partial charge in [-0.2, -0.15) is 0 Å². The number of benzene rings is 1. The Bertz CT molecular complexity index is 378. The van der Waals surface area contributed by atoms with Crippen molar-refractivity contribution in [3.05, 3.63) is 35.6 Å². The molecule has 0 bridgehead atoms. The number of aliphatic hydroxyl groups excluding tert-OH is 1. The third-order valence-corrected chi connectivity index (χ3v) is 2.53. The number of halogens is 1. The molecule has 0 radical (unpaired) electrons. The van der Waals surface area contributed by atoms with Crippen LogP contribution in [-0.2, 0) is 0 Å². The lowest BCUT2D eigenvalue weighted by Gasteiger charge is -2.09. The second kappa shape index (κ2) is 7.66. The van der Waals surface area contributed by atoms with E-state index in [1.165, 1.54) is 24.3 Å². The summed E-state index contributed by atoms with van der Waals surface area (Å²) in [5.41, 5.74) is 6.26. The maximum atomic E-state index is 12.7. The van der Waals surface area contributed by atoms with Crippen LogP contribution in [0.25, 0.3) is 0 Å². The number of hydrogen-bond donors (Lipinski definition) is 3. The highest BCUT2D eigenvalue weighted by Crippen LogP contribution is 2.13. The Morgan fingerprint density at radius 2 is 2.11 bits per heavy atom. The number of aliphatic hydroxyl groups is 1. The van der Waals surface area contributed by atoms with Crippen molar-refractivity contribution in [1.82, 2.24) is 5.32 Å². The molecule has 0 fully saturated rings. The molecule has 5 heteroatoms. The van der Waals surface area contributed by atoms with E-state index in [1.54, 1.807) is 0 Å². The van der Waals surface area contributed by atoms with Gasteiger partial charge in [-0.1, -0.05) is 25.5 Å². The van der Waals surface area contributed by atoms with E-state index in [-0.39, 0.29) is 12.4 Å². The van der Waals surface area contributed by atoms with Gasteiger partial charge in [-0.15, -0.1) is 0 Å². The molecule has 0 aromatic heterocycles. The topological polar surface area (TPSA) is 70.6 Å². The third kappa shape index (κ3) is 5.14. The standard InChI is InChI=1S/C13H20FN3O/c1-2-3-8-16-13(15)17-9-12(18)10-4-6-11(14)7-5-10/h4-7,12,18H,2-3,8-9H2,1H3,(H3,15,16,17). The predicted octanol–water partition coefficient (Wildman–Crippen LogP) is 1.56. The molecule has 1 atom stereocenters. The first-order chi connectivity index (χ1) is 8.63. The molecule has 0 aliphatic carbocycles. The highest BCUT2D eigenvalue weighted by atomic mass is 19.1. The van der Waals surface area contributed by atoms with Crippen molar-refractivity contribution in [3.8, 4) is 0 Å². The Morgan fingerprint density at radius 3 is 2.72 bits per heavy atom. The van der Waals surface area contributed by atoms with E-state index in [0.29, 0.717) is 11.5 Å². The van der Waals surface area contributed by atoms with Crippen molar-refractivity contribution in [1.29, 1.82) is 0 Å². The van der Waals surface area contributed by atoms with Crippen LogP contribution < -0.4 is 11.1 Å². The minimum Gasteiger partial charge on any atom is -0.386 e. The predicted molar refractivity (Wildman–Crippen MR) is 70.8 cm³/mol. The van der Waals surface area contributed by atoms with Crippen molar-refractivity contribution in [2.45, 2.75) is 25.9 Å². The molecule has 1 rings (SSSR count). The SMILES string of the molecule is CCCCNC(N)=NCC(O)c1ccc(F)cc1. The van der Waals surface area contributed by atoms with Gasteiger partial charge >= 0.3 is 0 Å². The molecule has 0 saturated carbocycles. The first-order valence-corrected chi connectivity index (χ1v) is 6.10. The highest BCUT2D eigenvalue weighted by Gasteiger charge is 2.06. The third-order valence-electron chi connectivity index (χ3n) is 2.53. The number of rotatable bonds is 6. The van der Waals surface area contributed by atoms with Crippen LogP contribution in [0.15, 0.2) is 29.3 Å². The summed E-state index contributed by atoms with van der Waals surface area (Å²) in [4.78, 5) is 4.03. The zero-order chi connectivity index (χ0) is 13.4. The Labute approximate surface area is 107 Å². The van der Waals surface area contributed by atoms with Crippen LogP contribution in [0.4, 0.5) is 4.39 Å². The van der Waals surface area contributed by atoms with Crippen molar-refractivity contribution < 1.29 is 9.50 Å². The fourth-order valence-electron chi connectivity index (χ4n) is 1.42. The zero-order valence-electron chi connectivity index (χ0n) is 10.6. The molecular weight excluding hydrogens is 233 g/mol. The number of unbranched alkanes of at least 4 members (excludes halogenated alkanes) is 1. The minimum atomic E-state index is -0.767. The zero-order valence-corrected chi connectivity index (χ0v) is 10.6. The summed E-state index contributed by atoms with van der Waals surface area (Å²) < 4.78 is 12.7. The largest absolute Gasteiger partial charge is 0.386 e. The van der Waals surface area contributed by atoms with Crippen LogP contribution >= 0.6 is 0 Å². The maximum Gasteiger partial charge on any atom is 0.188 e. The fourth-order valence-corrected chi connectivity index (χ4v) is 1.42. The minimum absolute atomic E-state index is 0.163. The van der Waals surface area contributed by atoms with E-state index >= 15 is 0 Å². The van der Waals surface area contributed by atoms with Gasteiger partial charge in [0.1, 0.15) is 5.82 Å². The van der Waals surface area contributed by atoms with Crippen molar-refractivity contribution >= 4 is 5.96 Å². The monoisotopic (exact) mass is 253 g/mol. The number of guanidine groups is 1. The molecule has 0 aliphatic rings. The summed E-state index contributed by atoms with van der Waals surface area (Å²) in [5.74, 6) is -0.000177. The van der Waals surface area contributed by atoms with Gasteiger partial charge in [-0.3, -0.25) is 4.99 Å². The van der Waals surface area contributed by atoms with Crippen LogP contribution in [0.3, 0.4) is 0 Å². The summed E-state index contributed by atoms with van der Waals surface area (Å²) >= 11 is 0. The van der Waals surface area contributed by atoms with Gasteiger partial charge in [0.15, 0.2) is 5.96 Å². The molecular formula is C13H20FN3O. The smallest absolute Gasteiger partial charge is 0.188 e. The van der Waals surface area contributed by atoms with Crippen LogP contribution in [-0.4, -0.2) is 24.2 Å². The van der Waals surface area contributed by atoms with Gasteiger partial charge in [0.05, 0.1) is 12.6 Å². The van der Waals surface area contributed by atoms with E-state index in [9.17, 15) is 9.50 Å². The van der Waals surface area contributed by atoms with Crippen LogP contribution in [0.5, 0.6) is 0 Å². The summed E-state index contributed by atoms with van der Waals surface area (Å²) in [6.07, 6.45) is 1.34. The lowest BCUT2D eigenvalue weighted by Crippen LogP contribution is -2.32. The maximum absolute atomic E-state index is 12.7. The lowest BCUT2D eigenvalue weighted by molar-refractivity contribution is 0.187. The molecule has 4 N–H and O–H groups in total. The van der Waals surface area contributed by atoms with Gasteiger partial charge in [-0.05, 0) is 24.1 Å². The molecule has 0 amide bonds. The van der Waals surface area contributed by atoms with Crippen LogP contribution in [0.2, 0.25) is 0 Å². The average Bonchev–Trinajstić information content (AvgIpc) is 2.37. The highest BCUT2D eigenvalue weighted by molar-refractivity contribution is 5.77. The Kier molecular flexibility index (Phi) is 6.14. The molecule has 1 aromatic carbocycles. The van der Waals surface area contributed by atoms with E-state index in [2.05, 4.69) is 17.2 Å². The summed E-state index contributed by atoms with van der Waals surface area (Å²) in [5, 5.41) is 12.8. The fraction of sp³-hybridized carbons (Fsp3) is 0.462. The van der Waals surface area contributed by atoms with Gasteiger partial charge in [-0.25, -0.2) is 4.39 Å². The van der Waals surface area contributed by atoms with Crippen molar-refractivity contribution in [2.24, 2.45) is 10.7 Å². The van der Waals surface area contributed by atoms with E-state index in [4.69, 9.17) is 5.73 Å². The van der Waals surface area contributed by atoms with Crippen LogP contribution in [0.1, 0.15) is 31.4 Å². The first kappa shape index (κ1) is 14.4. The number of aliphatic imine (C=N–C) groups is 1. The van der Waals surface area contributed by atoms with Gasteiger partial charge in [0.2, 0.25) is 0 Å². The second-order valence-corrected chi connectivity index (χ2v) is 4.07. The Hall–Kier alpha value is -1.62. The molecule has 1 unspecified atom stereocenters. The van der Waals surface area contributed by atoms with E-state index < -0.39 is 6.10 Å².